The summed E-state index contributed by atoms with van der Waals surface area (Å²) in [7, 11) is -2.36. The molecular weight excluding hydrogens is 440 g/mol. The molecule has 1 amide bonds. The van der Waals surface area contributed by atoms with Crippen LogP contribution in [0.3, 0.4) is 0 Å². The van der Waals surface area contributed by atoms with Crippen LogP contribution < -0.4 is 19.5 Å². The fourth-order valence-corrected chi connectivity index (χ4v) is 4.18. The van der Waals surface area contributed by atoms with Gasteiger partial charge >= 0.3 is 0 Å². The number of methoxy groups -OCH3 is 1. The summed E-state index contributed by atoms with van der Waals surface area (Å²) >= 11 is 0. The van der Waals surface area contributed by atoms with E-state index in [2.05, 4.69) is 17.0 Å². The van der Waals surface area contributed by atoms with Crippen LogP contribution in [0.2, 0.25) is 0 Å². The summed E-state index contributed by atoms with van der Waals surface area (Å²) in [5.74, 6) is 0.772. The number of hydrogen-bond acceptors (Lipinski definition) is 5. The van der Waals surface area contributed by atoms with Gasteiger partial charge in [-0.3, -0.25) is 9.52 Å². The molecule has 0 unspecified atom stereocenters. The largest absolute Gasteiger partial charge is 0.497 e. The number of anilines is 2. The third kappa shape index (κ3) is 6.26. The van der Waals surface area contributed by atoms with Crippen LogP contribution in [0.4, 0.5) is 11.4 Å². The Bertz CT molecular complexity index is 1210. The maximum atomic E-state index is 13.0. The van der Waals surface area contributed by atoms with Crippen LogP contribution in [0.25, 0.3) is 0 Å². The SMILES string of the molecule is CCCCOc1ccccc1NC(=O)c1cc(S(=O)(=O)Nc2ccc(OC)cc2)ccc1C. The molecule has 7 nitrogen and oxygen atoms in total. The molecule has 3 aromatic rings. The zero-order valence-corrected chi connectivity index (χ0v) is 19.7. The van der Waals surface area contributed by atoms with Gasteiger partial charge in [0.2, 0.25) is 0 Å². The summed E-state index contributed by atoms with van der Waals surface area (Å²) < 4.78 is 39.2. The molecule has 0 atom stereocenters. The highest BCUT2D eigenvalue weighted by Gasteiger charge is 2.19. The lowest BCUT2D eigenvalue weighted by molar-refractivity contribution is 0.102. The van der Waals surface area contributed by atoms with Crippen molar-refractivity contribution in [2.45, 2.75) is 31.6 Å². The molecule has 33 heavy (non-hydrogen) atoms. The summed E-state index contributed by atoms with van der Waals surface area (Å²) in [5.41, 5.74) is 1.83. The van der Waals surface area contributed by atoms with Gasteiger partial charge in [0.1, 0.15) is 11.5 Å². The van der Waals surface area contributed by atoms with E-state index in [1.165, 1.54) is 19.2 Å². The first-order valence-electron chi connectivity index (χ1n) is 10.6. The number of unbranched alkanes of at least 4 members (excludes halogenated alkanes) is 1. The van der Waals surface area contributed by atoms with Crippen LogP contribution in [-0.2, 0) is 10.0 Å². The van der Waals surface area contributed by atoms with E-state index in [0.29, 0.717) is 35.0 Å². The Morgan fingerprint density at radius 3 is 2.42 bits per heavy atom. The van der Waals surface area contributed by atoms with Crippen molar-refractivity contribution >= 4 is 27.3 Å². The maximum Gasteiger partial charge on any atom is 0.261 e. The number of nitrogens with one attached hydrogen (secondary N) is 2. The number of aryl methyl sites for hydroxylation is 1. The molecule has 0 bridgehead atoms. The van der Waals surface area contributed by atoms with Crippen LogP contribution in [0, 0.1) is 6.92 Å². The van der Waals surface area contributed by atoms with Crippen molar-refractivity contribution in [1.82, 2.24) is 0 Å². The molecule has 0 aliphatic carbocycles. The highest BCUT2D eigenvalue weighted by Crippen LogP contribution is 2.26. The normalized spacial score (nSPS) is 11.0. The maximum absolute atomic E-state index is 13.0. The van der Waals surface area contributed by atoms with Gasteiger partial charge in [0.15, 0.2) is 0 Å². The number of hydrogen-bond donors (Lipinski definition) is 2. The number of carbonyl (C=O) groups excluding carboxylic acids is 1. The first-order chi connectivity index (χ1) is 15.8. The molecule has 0 aromatic heterocycles. The van der Waals surface area contributed by atoms with Gasteiger partial charge in [-0.05, 0) is 67.4 Å². The molecule has 3 rings (SSSR count). The summed E-state index contributed by atoms with van der Waals surface area (Å²) in [6, 6.07) is 18.2. The zero-order valence-electron chi connectivity index (χ0n) is 18.9. The number of para-hydroxylation sites is 2. The van der Waals surface area contributed by atoms with E-state index in [1.807, 2.05) is 6.07 Å². The predicted octanol–water partition coefficient (Wildman–Crippen LogP) is 5.24. The van der Waals surface area contributed by atoms with E-state index < -0.39 is 15.9 Å². The van der Waals surface area contributed by atoms with Gasteiger partial charge in [-0.1, -0.05) is 31.5 Å². The Labute approximate surface area is 194 Å². The Kier molecular flexibility index (Phi) is 7.95. The minimum Gasteiger partial charge on any atom is -0.497 e. The molecule has 0 spiro atoms. The van der Waals surface area contributed by atoms with Crippen LogP contribution >= 0.6 is 0 Å². The molecule has 0 heterocycles. The van der Waals surface area contributed by atoms with E-state index in [0.717, 1.165) is 12.8 Å². The Balaban J connectivity index is 1.81. The first kappa shape index (κ1) is 24.1. The number of benzene rings is 3. The van der Waals surface area contributed by atoms with Crippen molar-refractivity contribution in [2.75, 3.05) is 23.8 Å². The topological polar surface area (TPSA) is 93.7 Å². The van der Waals surface area contributed by atoms with Crippen molar-refractivity contribution in [1.29, 1.82) is 0 Å². The average molecular weight is 469 g/mol. The summed E-state index contributed by atoms with van der Waals surface area (Å²) in [6.07, 6.45) is 1.90. The van der Waals surface area contributed by atoms with Gasteiger partial charge in [-0.25, -0.2) is 8.42 Å². The summed E-state index contributed by atoms with van der Waals surface area (Å²) in [4.78, 5) is 13.0. The lowest BCUT2D eigenvalue weighted by Gasteiger charge is -2.14. The molecule has 0 radical (unpaired) electrons. The fourth-order valence-electron chi connectivity index (χ4n) is 3.10. The van der Waals surface area contributed by atoms with Gasteiger partial charge in [0.05, 0.1) is 24.3 Å². The molecule has 2 N–H and O–H groups in total. The van der Waals surface area contributed by atoms with E-state index in [9.17, 15) is 13.2 Å². The second-order valence-corrected chi connectivity index (χ2v) is 9.15. The third-order valence-electron chi connectivity index (χ3n) is 5.00. The molecular formula is C25H28N2O5S. The second kappa shape index (κ2) is 10.9. The van der Waals surface area contributed by atoms with Gasteiger partial charge < -0.3 is 14.8 Å². The van der Waals surface area contributed by atoms with Gasteiger partial charge in [0, 0.05) is 11.3 Å². The number of ether oxygens (including phenoxy) is 2. The zero-order chi connectivity index (χ0) is 23.8. The van der Waals surface area contributed by atoms with Crippen LogP contribution in [-0.4, -0.2) is 28.0 Å². The van der Waals surface area contributed by atoms with Crippen molar-refractivity contribution in [3.63, 3.8) is 0 Å². The van der Waals surface area contributed by atoms with Crippen molar-refractivity contribution in [2.24, 2.45) is 0 Å². The van der Waals surface area contributed by atoms with Crippen molar-refractivity contribution < 1.29 is 22.7 Å². The Hall–Kier alpha value is -3.52. The van der Waals surface area contributed by atoms with Gasteiger partial charge in [0.25, 0.3) is 15.9 Å². The lowest BCUT2D eigenvalue weighted by atomic mass is 10.1. The van der Waals surface area contributed by atoms with E-state index in [1.54, 1.807) is 55.5 Å². The summed E-state index contributed by atoms with van der Waals surface area (Å²) in [5, 5.41) is 2.84. The number of rotatable bonds is 10. The number of amides is 1. The van der Waals surface area contributed by atoms with E-state index in [4.69, 9.17) is 9.47 Å². The first-order valence-corrected chi connectivity index (χ1v) is 12.1. The van der Waals surface area contributed by atoms with Crippen molar-refractivity contribution in [3.8, 4) is 11.5 Å². The fraction of sp³-hybridized carbons (Fsp3) is 0.240. The minimum absolute atomic E-state index is 0.0125. The Morgan fingerprint density at radius 1 is 1.00 bits per heavy atom. The van der Waals surface area contributed by atoms with Crippen LogP contribution in [0.5, 0.6) is 11.5 Å². The van der Waals surface area contributed by atoms with E-state index >= 15 is 0 Å². The van der Waals surface area contributed by atoms with E-state index in [-0.39, 0.29) is 10.5 Å². The highest BCUT2D eigenvalue weighted by atomic mass is 32.2. The molecule has 0 saturated heterocycles. The molecule has 8 heteroatoms. The smallest absolute Gasteiger partial charge is 0.261 e. The van der Waals surface area contributed by atoms with Gasteiger partial charge in [-0.15, -0.1) is 0 Å². The Morgan fingerprint density at radius 2 is 1.73 bits per heavy atom. The monoisotopic (exact) mass is 468 g/mol. The van der Waals surface area contributed by atoms with Crippen LogP contribution in [0.15, 0.2) is 71.6 Å². The molecule has 0 aliphatic rings. The lowest BCUT2D eigenvalue weighted by Crippen LogP contribution is -2.17. The standard InChI is InChI=1S/C25H28N2O5S/c1-4-5-16-32-24-9-7-6-8-23(24)26-25(28)22-17-21(15-10-18(22)2)33(29,30)27-19-11-13-20(31-3)14-12-19/h6-15,17,27H,4-5,16H2,1-3H3,(H,26,28). The number of carbonyl (C=O) groups is 1. The van der Waals surface area contributed by atoms with Crippen LogP contribution in [0.1, 0.15) is 35.7 Å². The number of sulfonamides is 1. The molecule has 0 aliphatic heterocycles. The molecule has 0 saturated carbocycles. The van der Waals surface area contributed by atoms with Crippen molar-refractivity contribution in [3.05, 3.63) is 77.9 Å². The predicted molar refractivity (Wildman–Crippen MR) is 130 cm³/mol. The quantitative estimate of drug-likeness (QED) is 0.397. The van der Waals surface area contributed by atoms with Gasteiger partial charge in [-0.2, -0.15) is 0 Å². The second-order valence-electron chi connectivity index (χ2n) is 7.46. The average Bonchev–Trinajstić information content (AvgIpc) is 2.80. The highest BCUT2D eigenvalue weighted by molar-refractivity contribution is 7.92. The molecule has 3 aromatic carbocycles. The molecule has 174 valence electrons. The molecule has 0 fully saturated rings. The third-order valence-corrected chi connectivity index (χ3v) is 6.38. The minimum atomic E-state index is -3.90. The summed E-state index contributed by atoms with van der Waals surface area (Å²) in [6.45, 7) is 4.38.